The zero-order chi connectivity index (χ0) is 10.8. The average molecular weight is 218 g/mol. The zero-order valence-corrected chi connectivity index (χ0v) is 11.0. The van der Waals surface area contributed by atoms with Crippen LogP contribution >= 0.6 is 11.8 Å². The predicted molar refractivity (Wildman–Crippen MR) is 68.2 cm³/mol. The van der Waals surface area contributed by atoms with Crippen LogP contribution in [-0.4, -0.2) is 50.1 Å². The second kappa shape index (κ2) is 9.81. The van der Waals surface area contributed by atoms with Gasteiger partial charge in [-0.1, -0.05) is 13.8 Å². The minimum Gasteiger partial charge on any atom is -0.315 e. The van der Waals surface area contributed by atoms with E-state index in [0.29, 0.717) is 0 Å². The van der Waals surface area contributed by atoms with Crippen molar-refractivity contribution in [1.82, 2.24) is 10.2 Å². The predicted octanol–water partition coefficient (Wildman–Crippen LogP) is 1.92. The van der Waals surface area contributed by atoms with Gasteiger partial charge in [0.15, 0.2) is 0 Å². The van der Waals surface area contributed by atoms with Crippen LogP contribution in [0.1, 0.15) is 20.3 Å². The Labute approximate surface area is 93.8 Å². The summed E-state index contributed by atoms with van der Waals surface area (Å²) in [6, 6.07) is 0. The van der Waals surface area contributed by atoms with Crippen molar-refractivity contribution < 1.29 is 0 Å². The molecule has 0 aliphatic heterocycles. The van der Waals surface area contributed by atoms with Gasteiger partial charge in [-0.2, -0.15) is 11.8 Å². The molecule has 14 heavy (non-hydrogen) atoms. The Bertz CT molecular complexity index is 102. The lowest BCUT2D eigenvalue weighted by Gasteiger charge is -2.10. The molecule has 0 radical (unpaired) electrons. The molecule has 0 aromatic carbocycles. The van der Waals surface area contributed by atoms with Crippen molar-refractivity contribution in [2.45, 2.75) is 20.3 Å². The monoisotopic (exact) mass is 218 g/mol. The van der Waals surface area contributed by atoms with E-state index in [-0.39, 0.29) is 0 Å². The molecule has 0 spiro atoms. The van der Waals surface area contributed by atoms with Crippen molar-refractivity contribution in [3.05, 3.63) is 0 Å². The highest BCUT2D eigenvalue weighted by molar-refractivity contribution is 7.99. The van der Waals surface area contributed by atoms with Gasteiger partial charge in [-0.15, -0.1) is 0 Å². The van der Waals surface area contributed by atoms with E-state index in [0.717, 1.165) is 25.6 Å². The molecule has 2 nitrogen and oxygen atoms in total. The molecule has 0 aliphatic rings. The highest BCUT2D eigenvalue weighted by atomic mass is 32.2. The normalized spacial score (nSPS) is 11.6. The van der Waals surface area contributed by atoms with Crippen LogP contribution in [0.3, 0.4) is 0 Å². The number of nitrogens with one attached hydrogen (secondary N) is 1. The minimum atomic E-state index is 0.851. The van der Waals surface area contributed by atoms with Gasteiger partial charge in [0.05, 0.1) is 0 Å². The largest absolute Gasteiger partial charge is 0.315 e. The summed E-state index contributed by atoms with van der Waals surface area (Å²) in [4.78, 5) is 2.21. The fourth-order valence-electron chi connectivity index (χ4n) is 0.993. The second-order valence-corrected chi connectivity index (χ2v) is 5.57. The van der Waals surface area contributed by atoms with Gasteiger partial charge < -0.3 is 10.2 Å². The molecule has 0 atom stereocenters. The van der Waals surface area contributed by atoms with Gasteiger partial charge >= 0.3 is 0 Å². The summed E-state index contributed by atoms with van der Waals surface area (Å²) < 4.78 is 0. The highest BCUT2D eigenvalue weighted by Crippen LogP contribution is 2.07. The summed E-state index contributed by atoms with van der Waals surface area (Å²) in [7, 11) is 4.22. The Kier molecular flexibility index (Phi) is 10.0. The molecule has 0 unspecified atom stereocenters. The van der Waals surface area contributed by atoms with Crippen molar-refractivity contribution >= 4 is 11.8 Å². The van der Waals surface area contributed by atoms with E-state index in [4.69, 9.17) is 0 Å². The molecule has 3 heteroatoms. The van der Waals surface area contributed by atoms with Crippen molar-refractivity contribution in [3.63, 3.8) is 0 Å². The highest BCUT2D eigenvalue weighted by Gasteiger charge is 1.94. The first-order chi connectivity index (χ1) is 6.63. The fraction of sp³-hybridized carbons (Fsp3) is 1.00. The van der Waals surface area contributed by atoms with Crippen LogP contribution in [0.5, 0.6) is 0 Å². The van der Waals surface area contributed by atoms with Gasteiger partial charge in [-0.05, 0) is 32.2 Å². The van der Waals surface area contributed by atoms with E-state index in [1.165, 1.54) is 17.9 Å². The number of hydrogen-bond acceptors (Lipinski definition) is 3. The van der Waals surface area contributed by atoms with Crippen molar-refractivity contribution in [2.24, 2.45) is 5.92 Å². The minimum absolute atomic E-state index is 0.851. The first-order valence-corrected chi connectivity index (χ1v) is 6.71. The molecule has 0 aromatic heterocycles. The Hall–Kier alpha value is 0.270. The lowest BCUT2D eigenvalue weighted by Crippen LogP contribution is -2.28. The standard InChI is InChI=1S/C11H26N2S/c1-11(2)5-9-14-10-7-12-6-8-13(3)4/h11-12H,5-10H2,1-4H3. The summed E-state index contributed by atoms with van der Waals surface area (Å²) in [5.41, 5.74) is 0. The van der Waals surface area contributed by atoms with Crippen LogP contribution in [-0.2, 0) is 0 Å². The molecule has 0 aliphatic carbocycles. The summed E-state index contributed by atoms with van der Waals surface area (Å²) >= 11 is 2.06. The van der Waals surface area contributed by atoms with Crippen molar-refractivity contribution in [1.29, 1.82) is 0 Å². The zero-order valence-electron chi connectivity index (χ0n) is 10.2. The lowest BCUT2D eigenvalue weighted by molar-refractivity contribution is 0.403. The van der Waals surface area contributed by atoms with E-state index in [9.17, 15) is 0 Å². The number of likely N-dealkylation sites (N-methyl/N-ethyl adjacent to an activating group) is 1. The van der Waals surface area contributed by atoms with Gasteiger partial charge in [0, 0.05) is 25.4 Å². The lowest BCUT2D eigenvalue weighted by atomic mass is 10.2. The smallest absolute Gasteiger partial charge is 0.0101 e. The quantitative estimate of drug-likeness (QED) is 0.595. The Morgan fingerprint density at radius 2 is 1.86 bits per heavy atom. The van der Waals surface area contributed by atoms with Crippen LogP contribution in [0.25, 0.3) is 0 Å². The van der Waals surface area contributed by atoms with Gasteiger partial charge in [0.1, 0.15) is 0 Å². The molecule has 86 valence electrons. The van der Waals surface area contributed by atoms with E-state index >= 15 is 0 Å². The van der Waals surface area contributed by atoms with Gasteiger partial charge in [-0.3, -0.25) is 0 Å². The summed E-state index contributed by atoms with van der Waals surface area (Å²) in [5.74, 6) is 3.41. The van der Waals surface area contributed by atoms with Crippen LogP contribution in [0.2, 0.25) is 0 Å². The first kappa shape index (κ1) is 14.3. The van der Waals surface area contributed by atoms with Crippen LogP contribution in [0.4, 0.5) is 0 Å². The molecule has 0 saturated carbocycles. The SMILES string of the molecule is CC(C)CCSCCNCCN(C)C. The third-order valence-corrected chi connectivity index (χ3v) is 3.02. The Balaban J connectivity index is 2.92. The first-order valence-electron chi connectivity index (χ1n) is 5.56. The Morgan fingerprint density at radius 1 is 1.14 bits per heavy atom. The summed E-state index contributed by atoms with van der Waals surface area (Å²) in [6.07, 6.45) is 1.35. The Morgan fingerprint density at radius 3 is 2.43 bits per heavy atom. The molecule has 0 saturated heterocycles. The van der Waals surface area contributed by atoms with E-state index in [1.807, 2.05) is 0 Å². The third kappa shape index (κ3) is 12.3. The maximum absolute atomic E-state index is 3.44. The number of rotatable bonds is 9. The molecule has 0 rings (SSSR count). The van der Waals surface area contributed by atoms with Crippen LogP contribution in [0, 0.1) is 5.92 Å². The molecular formula is C11H26N2S. The van der Waals surface area contributed by atoms with E-state index in [2.05, 4.69) is 49.9 Å². The fourth-order valence-corrected chi connectivity index (χ4v) is 2.12. The van der Waals surface area contributed by atoms with Gasteiger partial charge in [-0.25, -0.2) is 0 Å². The van der Waals surface area contributed by atoms with Crippen LogP contribution in [0.15, 0.2) is 0 Å². The number of nitrogens with zero attached hydrogens (tertiary/aromatic N) is 1. The molecule has 0 aromatic rings. The molecule has 1 N–H and O–H groups in total. The van der Waals surface area contributed by atoms with E-state index in [1.54, 1.807) is 0 Å². The maximum atomic E-state index is 3.44. The topological polar surface area (TPSA) is 15.3 Å². The molecule has 0 fully saturated rings. The average Bonchev–Trinajstić information content (AvgIpc) is 2.08. The van der Waals surface area contributed by atoms with Gasteiger partial charge in [0.2, 0.25) is 0 Å². The third-order valence-electron chi connectivity index (χ3n) is 2.00. The second-order valence-electron chi connectivity index (χ2n) is 4.35. The molecular weight excluding hydrogens is 192 g/mol. The molecule has 0 amide bonds. The van der Waals surface area contributed by atoms with Crippen LogP contribution < -0.4 is 5.32 Å². The molecule has 0 heterocycles. The van der Waals surface area contributed by atoms with E-state index < -0.39 is 0 Å². The maximum Gasteiger partial charge on any atom is 0.0101 e. The number of thioether (sulfide) groups is 1. The van der Waals surface area contributed by atoms with Crippen molar-refractivity contribution in [3.8, 4) is 0 Å². The number of hydrogen-bond donors (Lipinski definition) is 1. The summed E-state index contributed by atoms with van der Waals surface area (Å²) in [6.45, 7) is 7.97. The molecule has 0 bridgehead atoms. The van der Waals surface area contributed by atoms with Crippen molar-refractivity contribution in [2.75, 3.05) is 45.2 Å². The summed E-state index contributed by atoms with van der Waals surface area (Å²) in [5, 5.41) is 3.44. The van der Waals surface area contributed by atoms with Gasteiger partial charge in [0.25, 0.3) is 0 Å².